The molecular formula is C19H25N5O2. The van der Waals surface area contributed by atoms with Gasteiger partial charge in [-0.2, -0.15) is 5.10 Å². The average Bonchev–Trinajstić information content (AvgIpc) is 3.30. The summed E-state index contributed by atoms with van der Waals surface area (Å²) in [6.45, 7) is 1.35. The first-order valence-electron chi connectivity index (χ1n) is 9.50. The zero-order valence-electron chi connectivity index (χ0n) is 15.2. The molecule has 26 heavy (non-hydrogen) atoms. The Kier molecular flexibility index (Phi) is 4.61. The topological polar surface area (TPSA) is 73.0 Å². The van der Waals surface area contributed by atoms with Gasteiger partial charge in [0.05, 0.1) is 5.56 Å². The SMILES string of the molecule is Cn1nc(C2CCCN(C(=O)c3cccnc3)C2)n(C2CCCC2)c1=O. The van der Waals surface area contributed by atoms with Crippen molar-refractivity contribution >= 4 is 5.91 Å². The standard InChI is InChI=1S/C19H25N5O2/c1-22-19(26)24(16-8-2-3-9-16)17(21-22)15-7-5-11-23(13-15)18(25)14-6-4-10-20-12-14/h4,6,10,12,15-16H,2-3,5,7-9,11,13H2,1H3. The number of rotatable bonds is 3. The third-order valence-electron chi connectivity index (χ3n) is 5.65. The highest BCUT2D eigenvalue weighted by Crippen LogP contribution is 2.33. The van der Waals surface area contributed by atoms with Crippen LogP contribution in [0.1, 0.15) is 66.7 Å². The first-order chi connectivity index (χ1) is 12.6. The number of carbonyl (C=O) groups excluding carboxylic acids is 1. The van der Waals surface area contributed by atoms with E-state index in [1.54, 1.807) is 31.6 Å². The Hall–Kier alpha value is -2.44. The van der Waals surface area contributed by atoms with Crippen LogP contribution in [0.2, 0.25) is 0 Å². The minimum Gasteiger partial charge on any atom is -0.338 e. The molecule has 2 fully saturated rings. The number of amides is 1. The molecule has 2 aromatic heterocycles. The molecule has 0 radical (unpaired) electrons. The molecule has 0 N–H and O–H groups in total. The molecule has 0 aromatic carbocycles. The highest BCUT2D eigenvalue weighted by atomic mass is 16.2. The molecule has 1 amide bonds. The number of piperidine rings is 1. The lowest BCUT2D eigenvalue weighted by Gasteiger charge is -2.32. The van der Waals surface area contributed by atoms with Gasteiger partial charge >= 0.3 is 5.69 Å². The predicted molar refractivity (Wildman–Crippen MR) is 97.1 cm³/mol. The van der Waals surface area contributed by atoms with Crippen molar-refractivity contribution in [3.8, 4) is 0 Å². The maximum Gasteiger partial charge on any atom is 0.345 e. The number of nitrogens with zero attached hydrogens (tertiary/aromatic N) is 5. The predicted octanol–water partition coefficient (Wildman–Crippen LogP) is 2.11. The van der Waals surface area contributed by atoms with E-state index in [1.807, 2.05) is 9.47 Å². The second-order valence-electron chi connectivity index (χ2n) is 7.40. The molecule has 1 saturated carbocycles. The van der Waals surface area contributed by atoms with Crippen LogP contribution >= 0.6 is 0 Å². The van der Waals surface area contributed by atoms with E-state index < -0.39 is 0 Å². The number of hydrogen-bond donors (Lipinski definition) is 0. The summed E-state index contributed by atoms with van der Waals surface area (Å²) in [6.07, 6.45) is 9.59. The van der Waals surface area contributed by atoms with E-state index in [0.29, 0.717) is 12.1 Å². The summed E-state index contributed by atoms with van der Waals surface area (Å²) in [5.41, 5.74) is 0.588. The van der Waals surface area contributed by atoms with Crippen LogP contribution in [0.4, 0.5) is 0 Å². The van der Waals surface area contributed by atoms with Gasteiger partial charge in [0.15, 0.2) is 0 Å². The van der Waals surface area contributed by atoms with Gasteiger partial charge in [0.25, 0.3) is 5.91 Å². The summed E-state index contributed by atoms with van der Waals surface area (Å²) < 4.78 is 3.37. The van der Waals surface area contributed by atoms with Crippen molar-refractivity contribution < 1.29 is 4.79 Å². The molecule has 7 nitrogen and oxygen atoms in total. The van der Waals surface area contributed by atoms with Gasteiger partial charge in [-0.25, -0.2) is 9.48 Å². The molecule has 4 rings (SSSR count). The molecule has 1 aliphatic heterocycles. The lowest BCUT2D eigenvalue weighted by atomic mass is 9.96. The number of hydrogen-bond acceptors (Lipinski definition) is 4. The van der Waals surface area contributed by atoms with E-state index in [0.717, 1.165) is 38.1 Å². The van der Waals surface area contributed by atoms with E-state index in [4.69, 9.17) is 0 Å². The molecule has 138 valence electrons. The summed E-state index contributed by atoms with van der Waals surface area (Å²) in [4.78, 5) is 31.3. The molecule has 2 aliphatic rings. The lowest BCUT2D eigenvalue weighted by molar-refractivity contribution is 0.0702. The molecule has 0 spiro atoms. The molecule has 1 saturated heterocycles. The van der Waals surface area contributed by atoms with E-state index in [-0.39, 0.29) is 23.6 Å². The van der Waals surface area contributed by atoms with Crippen molar-refractivity contribution in [2.24, 2.45) is 7.05 Å². The number of likely N-dealkylation sites (tertiary alicyclic amines) is 1. The van der Waals surface area contributed by atoms with E-state index >= 15 is 0 Å². The number of aryl methyl sites for hydroxylation is 1. The van der Waals surface area contributed by atoms with E-state index in [9.17, 15) is 9.59 Å². The summed E-state index contributed by atoms with van der Waals surface area (Å²) in [5, 5.41) is 4.56. The van der Waals surface area contributed by atoms with Gasteiger partial charge in [-0.05, 0) is 37.8 Å². The van der Waals surface area contributed by atoms with Crippen LogP contribution in [0.25, 0.3) is 0 Å². The minimum atomic E-state index is -0.0254. The van der Waals surface area contributed by atoms with Crippen LogP contribution in [0.15, 0.2) is 29.3 Å². The van der Waals surface area contributed by atoms with Gasteiger partial charge in [-0.1, -0.05) is 12.8 Å². The van der Waals surface area contributed by atoms with Crippen LogP contribution in [0.5, 0.6) is 0 Å². The highest BCUT2D eigenvalue weighted by Gasteiger charge is 2.32. The Balaban J connectivity index is 1.60. The molecule has 7 heteroatoms. The lowest BCUT2D eigenvalue weighted by Crippen LogP contribution is -2.40. The summed E-state index contributed by atoms with van der Waals surface area (Å²) in [5.74, 6) is 0.973. The maximum absolute atomic E-state index is 12.8. The van der Waals surface area contributed by atoms with Crippen molar-refractivity contribution in [1.29, 1.82) is 0 Å². The van der Waals surface area contributed by atoms with Gasteiger partial charge in [0, 0.05) is 44.5 Å². The van der Waals surface area contributed by atoms with Gasteiger partial charge in [-0.3, -0.25) is 14.3 Å². The van der Waals surface area contributed by atoms with Gasteiger partial charge in [0.1, 0.15) is 5.82 Å². The zero-order chi connectivity index (χ0) is 18.1. The van der Waals surface area contributed by atoms with Crippen LogP contribution in [-0.2, 0) is 7.05 Å². The van der Waals surface area contributed by atoms with E-state index in [1.165, 1.54) is 17.5 Å². The number of pyridine rings is 1. The largest absolute Gasteiger partial charge is 0.345 e. The average molecular weight is 355 g/mol. The quantitative estimate of drug-likeness (QED) is 0.845. The fraction of sp³-hybridized carbons (Fsp3) is 0.579. The summed E-state index contributed by atoms with van der Waals surface area (Å²) in [6, 6.07) is 3.84. The van der Waals surface area contributed by atoms with Crippen LogP contribution in [0, 0.1) is 0 Å². The molecule has 1 unspecified atom stereocenters. The van der Waals surface area contributed by atoms with E-state index in [2.05, 4.69) is 10.1 Å². The molecule has 2 aromatic rings. The Morgan fingerprint density at radius 3 is 2.73 bits per heavy atom. The molecule has 3 heterocycles. The van der Waals surface area contributed by atoms with Gasteiger partial charge in [0.2, 0.25) is 0 Å². The monoisotopic (exact) mass is 355 g/mol. The fourth-order valence-corrected chi connectivity index (χ4v) is 4.33. The second kappa shape index (κ2) is 7.05. The molecule has 0 bridgehead atoms. The first kappa shape index (κ1) is 17.0. The first-order valence-corrected chi connectivity index (χ1v) is 9.50. The smallest absolute Gasteiger partial charge is 0.338 e. The third kappa shape index (κ3) is 3.06. The minimum absolute atomic E-state index is 0.00787. The molecule has 1 aliphatic carbocycles. The normalized spacial score (nSPS) is 21.3. The van der Waals surface area contributed by atoms with Crippen LogP contribution in [0.3, 0.4) is 0 Å². The Labute approximate surface area is 152 Å². The molecule has 1 atom stereocenters. The van der Waals surface area contributed by atoms with Gasteiger partial charge in [-0.15, -0.1) is 0 Å². The Morgan fingerprint density at radius 2 is 2.00 bits per heavy atom. The van der Waals surface area contributed by atoms with Crippen molar-refractivity contribution in [3.63, 3.8) is 0 Å². The summed E-state index contributed by atoms with van der Waals surface area (Å²) in [7, 11) is 1.72. The molecular weight excluding hydrogens is 330 g/mol. The third-order valence-corrected chi connectivity index (χ3v) is 5.65. The van der Waals surface area contributed by atoms with Crippen molar-refractivity contribution in [1.82, 2.24) is 24.2 Å². The van der Waals surface area contributed by atoms with Crippen molar-refractivity contribution in [2.75, 3.05) is 13.1 Å². The maximum atomic E-state index is 12.8. The fourth-order valence-electron chi connectivity index (χ4n) is 4.33. The zero-order valence-corrected chi connectivity index (χ0v) is 15.2. The van der Waals surface area contributed by atoms with Crippen molar-refractivity contribution in [2.45, 2.75) is 50.5 Å². The number of carbonyl (C=O) groups is 1. The van der Waals surface area contributed by atoms with Crippen molar-refractivity contribution in [3.05, 3.63) is 46.4 Å². The number of aromatic nitrogens is 4. The van der Waals surface area contributed by atoms with Gasteiger partial charge < -0.3 is 4.90 Å². The van der Waals surface area contributed by atoms with Crippen LogP contribution < -0.4 is 5.69 Å². The summed E-state index contributed by atoms with van der Waals surface area (Å²) >= 11 is 0. The second-order valence-corrected chi connectivity index (χ2v) is 7.40. The highest BCUT2D eigenvalue weighted by molar-refractivity contribution is 5.93. The Bertz CT molecular complexity index is 835. The Morgan fingerprint density at radius 1 is 1.19 bits per heavy atom. The van der Waals surface area contributed by atoms with Crippen LogP contribution in [-0.4, -0.2) is 43.2 Å².